The van der Waals surface area contributed by atoms with Gasteiger partial charge in [0.15, 0.2) is 6.61 Å². The predicted octanol–water partition coefficient (Wildman–Crippen LogP) is 1.85. The Labute approximate surface area is 108 Å². The highest BCUT2D eigenvalue weighted by molar-refractivity contribution is 9.10. The summed E-state index contributed by atoms with van der Waals surface area (Å²) in [6, 6.07) is 1.59. The van der Waals surface area contributed by atoms with E-state index in [4.69, 9.17) is 4.74 Å². The van der Waals surface area contributed by atoms with Crippen molar-refractivity contribution in [1.29, 1.82) is 0 Å². The second kappa shape index (κ2) is 5.35. The molecule has 1 aromatic rings. The summed E-state index contributed by atoms with van der Waals surface area (Å²) in [6.45, 7) is 5.28. The van der Waals surface area contributed by atoms with Gasteiger partial charge in [0.2, 0.25) is 0 Å². The highest BCUT2D eigenvalue weighted by Crippen LogP contribution is 2.11. The molecular weight excluding hydrogens is 288 g/mol. The Hall–Kier alpha value is -1.30. The molecule has 0 radical (unpaired) electrons. The van der Waals surface area contributed by atoms with Gasteiger partial charge in [0.05, 0.1) is 0 Å². The van der Waals surface area contributed by atoms with Crippen molar-refractivity contribution in [1.82, 2.24) is 10.3 Å². The molecule has 2 N–H and O–H groups in total. The van der Waals surface area contributed by atoms with Gasteiger partial charge in [-0.3, -0.25) is 4.79 Å². The molecule has 1 aromatic heterocycles. The fourth-order valence-corrected chi connectivity index (χ4v) is 1.49. The van der Waals surface area contributed by atoms with Crippen LogP contribution >= 0.6 is 15.9 Å². The molecule has 0 aliphatic rings. The van der Waals surface area contributed by atoms with E-state index in [2.05, 4.69) is 26.2 Å². The minimum atomic E-state index is -0.556. The monoisotopic (exact) mass is 302 g/mol. The number of ether oxygens (including phenoxy) is 1. The molecule has 0 fully saturated rings. The Bertz CT molecular complexity index is 421. The Morgan fingerprint density at radius 1 is 1.47 bits per heavy atom. The van der Waals surface area contributed by atoms with Gasteiger partial charge in [-0.2, -0.15) is 0 Å². The van der Waals surface area contributed by atoms with Crippen molar-refractivity contribution >= 4 is 27.8 Å². The van der Waals surface area contributed by atoms with E-state index in [1.165, 1.54) is 0 Å². The van der Waals surface area contributed by atoms with Crippen molar-refractivity contribution in [2.45, 2.75) is 26.3 Å². The van der Waals surface area contributed by atoms with Gasteiger partial charge in [0, 0.05) is 16.2 Å². The molecule has 0 bridgehead atoms. The van der Waals surface area contributed by atoms with E-state index in [-0.39, 0.29) is 18.1 Å². The van der Waals surface area contributed by atoms with E-state index in [9.17, 15) is 9.59 Å². The average Bonchev–Trinajstić information content (AvgIpc) is 2.58. The quantitative estimate of drug-likeness (QED) is 0.837. The lowest BCUT2D eigenvalue weighted by atomic mass is 10.1. The van der Waals surface area contributed by atoms with Crippen molar-refractivity contribution in [3.05, 3.63) is 22.4 Å². The van der Waals surface area contributed by atoms with E-state index in [1.54, 1.807) is 12.3 Å². The van der Waals surface area contributed by atoms with Crippen molar-refractivity contribution in [2.75, 3.05) is 6.61 Å². The standard InChI is InChI=1S/C11H15BrN2O3/c1-11(2,3)14-9(15)6-17-10(16)8-4-7(12)5-13-8/h4-5,13H,6H2,1-3H3,(H,14,15). The molecule has 0 saturated heterocycles. The van der Waals surface area contributed by atoms with Crippen LogP contribution in [0.25, 0.3) is 0 Å². The zero-order valence-electron chi connectivity index (χ0n) is 9.96. The maximum Gasteiger partial charge on any atom is 0.355 e. The van der Waals surface area contributed by atoms with E-state index in [0.717, 1.165) is 4.47 Å². The molecule has 1 rings (SSSR count). The summed E-state index contributed by atoms with van der Waals surface area (Å²) in [6.07, 6.45) is 1.62. The third kappa shape index (κ3) is 5.04. The zero-order chi connectivity index (χ0) is 13.1. The third-order valence-corrected chi connectivity index (χ3v) is 2.17. The number of esters is 1. The number of amides is 1. The predicted molar refractivity (Wildman–Crippen MR) is 66.7 cm³/mol. The molecule has 17 heavy (non-hydrogen) atoms. The van der Waals surface area contributed by atoms with E-state index in [1.807, 2.05) is 20.8 Å². The van der Waals surface area contributed by atoms with Crippen LogP contribution in [-0.2, 0) is 9.53 Å². The number of hydrogen-bond donors (Lipinski definition) is 2. The number of H-pyrrole nitrogens is 1. The van der Waals surface area contributed by atoms with Gasteiger partial charge in [-0.1, -0.05) is 0 Å². The first-order valence-electron chi connectivity index (χ1n) is 5.10. The highest BCUT2D eigenvalue weighted by Gasteiger charge is 2.16. The van der Waals surface area contributed by atoms with Gasteiger partial charge >= 0.3 is 5.97 Å². The number of carbonyl (C=O) groups excluding carboxylic acids is 2. The average molecular weight is 303 g/mol. The molecule has 1 amide bonds. The number of nitrogens with one attached hydrogen (secondary N) is 2. The van der Waals surface area contributed by atoms with Crippen LogP contribution in [0.15, 0.2) is 16.7 Å². The zero-order valence-corrected chi connectivity index (χ0v) is 11.6. The molecule has 0 unspecified atom stereocenters. The number of aromatic nitrogens is 1. The van der Waals surface area contributed by atoms with Crippen LogP contribution in [0.5, 0.6) is 0 Å². The second-order valence-corrected chi connectivity index (χ2v) is 5.52. The lowest BCUT2D eigenvalue weighted by molar-refractivity contribution is -0.125. The van der Waals surface area contributed by atoms with Gasteiger partial charge < -0.3 is 15.0 Å². The van der Waals surface area contributed by atoms with Crippen molar-refractivity contribution in [3.8, 4) is 0 Å². The number of rotatable bonds is 3. The molecule has 0 aliphatic heterocycles. The van der Waals surface area contributed by atoms with Crippen LogP contribution in [0.2, 0.25) is 0 Å². The van der Waals surface area contributed by atoms with Crippen LogP contribution in [0.1, 0.15) is 31.3 Å². The molecule has 0 atom stereocenters. The van der Waals surface area contributed by atoms with E-state index in [0.29, 0.717) is 5.69 Å². The van der Waals surface area contributed by atoms with Crippen molar-refractivity contribution in [3.63, 3.8) is 0 Å². The summed E-state index contributed by atoms with van der Waals surface area (Å²) in [5.74, 6) is -0.878. The van der Waals surface area contributed by atoms with Gasteiger partial charge in [0.1, 0.15) is 5.69 Å². The number of hydrogen-bond acceptors (Lipinski definition) is 3. The molecule has 1 heterocycles. The largest absolute Gasteiger partial charge is 0.451 e. The number of halogens is 1. The molecular formula is C11H15BrN2O3. The van der Waals surface area contributed by atoms with Crippen LogP contribution < -0.4 is 5.32 Å². The molecule has 94 valence electrons. The molecule has 5 nitrogen and oxygen atoms in total. The fraction of sp³-hybridized carbons (Fsp3) is 0.455. The fourth-order valence-electron chi connectivity index (χ4n) is 1.15. The maximum absolute atomic E-state index is 11.5. The van der Waals surface area contributed by atoms with Gasteiger partial charge in [0.25, 0.3) is 5.91 Å². The van der Waals surface area contributed by atoms with Crippen LogP contribution in [0.3, 0.4) is 0 Å². The van der Waals surface area contributed by atoms with Crippen LogP contribution in [0.4, 0.5) is 0 Å². The Morgan fingerprint density at radius 2 is 2.12 bits per heavy atom. The van der Waals surface area contributed by atoms with Crippen LogP contribution in [-0.4, -0.2) is 29.0 Å². The Kier molecular flexibility index (Phi) is 4.34. The van der Waals surface area contributed by atoms with Crippen molar-refractivity contribution in [2.24, 2.45) is 0 Å². The van der Waals surface area contributed by atoms with Gasteiger partial charge in [-0.15, -0.1) is 0 Å². The van der Waals surface area contributed by atoms with Crippen molar-refractivity contribution < 1.29 is 14.3 Å². The van der Waals surface area contributed by atoms with Gasteiger partial charge in [-0.05, 0) is 42.8 Å². The molecule has 0 spiro atoms. The Balaban J connectivity index is 2.41. The first kappa shape index (κ1) is 13.8. The number of aromatic amines is 1. The SMILES string of the molecule is CC(C)(C)NC(=O)COC(=O)c1cc(Br)c[nH]1. The lowest BCUT2D eigenvalue weighted by Crippen LogP contribution is -2.42. The number of carbonyl (C=O) groups is 2. The second-order valence-electron chi connectivity index (χ2n) is 4.61. The Morgan fingerprint density at radius 3 is 2.59 bits per heavy atom. The summed E-state index contributed by atoms with van der Waals surface area (Å²) in [4.78, 5) is 25.6. The molecule has 0 aliphatic carbocycles. The lowest BCUT2D eigenvalue weighted by Gasteiger charge is -2.20. The summed E-state index contributed by atoms with van der Waals surface area (Å²) >= 11 is 3.20. The summed E-state index contributed by atoms with van der Waals surface area (Å²) < 4.78 is 5.60. The summed E-state index contributed by atoms with van der Waals surface area (Å²) in [5.41, 5.74) is -0.0284. The van der Waals surface area contributed by atoms with E-state index >= 15 is 0 Å². The normalized spacial score (nSPS) is 11.1. The highest BCUT2D eigenvalue weighted by atomic mass is 79.9. The van der Waals surface area contributed by atoms with E-state index < -0.39 is 5.97 Å². The molecule has 0 saturated carbocycles. The molecule has 6 heteroatoms. The van der Waals surface area contributed by atoms with Gasteiger partial charge in [-0.25, -0.2) is 4.79 Å². The van der Waals surface area contributed by atoms with Crippen LogP contribution in [0, 0.1) is 0 Å². The smallest absolute Gasteiger partial charge is 0.355 e. The molecule has 0 aromatic carbocycles. The third-order valence-electron chi connectivity index (χ3n) is 1.72. The first-order chi connectivity index (χ1) is 7.78. The minimum Gasteiger partial charge on any atom is -0.451 e. The first-order valence-corrected chi connectivity index (χ1v) is 5.89. The minimum absolute atomic E-state index is 0.285. The summed E-state index contributed by atoms with van der Waals surface area (Å²) in [5, 5.41) is 2.70. The topological polar surface area (TPSA) is 71.2 Å². The maximum atomic E-state index is 11.5. The summed E-state index contributed by atoms with van der Waals surface area (Å²) in [7, 11) is 0.